The molecule has 2 N–H and O–H groups in total. The van der Waals surface area contributed by atoms with E-state index in [9.17, 15) is 18.0 Å². The number of carboxylic acids is 1. The first-order chi connectivity index (χ1) is 10.4. The van der Waals surface area contributed by atoms with Gasteiger partial charge in [0.15, 0.2) is 0 Å². The highest BCUT2D eigenvalue weighted by Gasteiger charge is 2.59. The lowest BCUT2D eigenvalue weighted by Crippen LogP contribution is -2.23. The third kappa shape index (κ3) is 2.34. The average Bonchev–Trinajstić information content (AvgIpc) is 3.18. The molecule has 8 heteroatoms. The van der Waals surface area contributed by atoms with Crippen LogP contribution in [0.1, 0.15) is 10.4 Å². The number of nitrogens with one attached hydrogen (secondary N) is 1. The summed E-state index contributed by atoms with van der Waals surface area (Å²) in [5, 5.41) is 8.92. The summed E-state index contributed by atoms with van der Waals surface area (Å²) in [6.45, 7) is 0. The van der Waals surface area contributed by atoms with E-state index in [2.05, 4.69) is 0 Å². The van der Waals surface area contributed by atoms with Crippen molar-refractivity contribution in [3.05, 3.63) is 54.1 Å². The van der Waals surface area contributed by atoms with Gasteiger partial charge < -0.3 is 5.11 Å². The van der Waals surface area contributed by atoms with Gasteiger partial charge in [-0.15, -0.1) is 11.8 Å². The molecule has 6 nitrogen and oxygen atoms in total. The van der Waals surface area contributed by atoms with Gasteiger partial charge in [-0.25, -0.2) is 13.1 Å². The fourth-order valence-corrected chi connectivity index (χ4v) is 4.43. The Hall–Kier alpha value is -2.06. The molecule has 1 aliphatic carbocycles. The summed E-state index contributed by atoms with van der Waals surface area (Å²) >= 11 is 1.48. The Morgan fingerprint density at radius 2 is 2.00 bits per heavy atom. The van der Waals surface area contributed by atoms with Crippen LogP contribution in [0, 0.1) is 0 Å². The van der Waals surface area contributed by atoms with Gasteiger partial charge in [0.2, 0.25) is 0 Å². The highest BCUT2D eigenvalue weighted by atomic mass is 32.2. The van der Waals surface area contributed by atoms with Crippen molar-refractivity contribution >= 4 is 33.7 Å². The first kappa shape index (κ1) is 14.9. The number of hydrogen-bond donors (Lipinski definition) is 2. The predicted octanol–water partition coefficient (Wildman–Crippen LogP) is 1.17. The van der Waals surface area contributed by atoms with Crippen molar-refractivity contribution in [2.45, 2.75) is 14.9 Å². The lowest BCUT2D eigenvalue weighted by Gasteiger charge is -2.02. The summed E-state index contributed by atoms with van der Waals surface area (Å²) in [4.78, 5) is 21.7. The van der Waals surface area contributed by atoms with Crippen LogP contribution in [-0.2, 0) is 14.8 Å². The van der Waals surface area contributed by atoms with Gasteiger partial charge in [0.1, 0.15) is 9.64 Å². The van der Waals surface area contributed by atoms with Crippen molar-refractivity contribution in [3.63, 3.8) is 0 Å². The molecule has 1 amide bonds. The van der Waals surface area contributed by atoms with Crippen LogP contribution in [0.15, 0.2) is 53.5 Å². The van der Waals surface area contributed by atoms with Crippen LogP contribution in [0.3, 0.4) is 0 Å². The second kappa shape index (κ2) is 4.99. The zero-order chi connectivity index (χ0) is 16.0. The number of hydrogen-bond acceptors (Lipinski definition) is 5. The lowest BCUT2D eigenvalue weighted by molar-refractivity contribution is -0.137. The van der Waals surface area contributed by atoms with Crippen LogP contribution >= 0.6 is 11.8 Å². The molecular weight excluding hydrogens is 326 g/mol. The predicted molar refractivity (Wildman–Crippen MR) is 81.1 cm³/mol. The van der Waals surface area contributed by atoms with Crippen molar-refractivity contribution in [2.24, 2.45) is 0 Å². The van der Waals surface area contributed by atoms with E-state index in [1.807, 2.05) is 16.9 Å². The number of carbonyl (C=O) groups excluding carboxylic acids is 1. The highest BCUT2D eigenvalue weighted by Crippen LogP contribution is 2.56. The van der Waals surface area contributed by atoms with Gasteiger partial charge in [-0.05, 0) is 12.1 Å². The zero-order valence-electron chi connectivity index (χ0n) is 11.1. The quantitative estimate of drug-likeness (QED) is 0.746. The van der Waals surface area contributed by atoms with Crippen molar-refractivity contribution < 1.29 is 23.1 Å². The van der Waals surface area contributed by atoms with Gasteiger partial charge >= 0.3 is 5.97 Å². The van der Waals surface area contributed by atoms with Crippen LogP contribution in [0.5, 0.6) is 0 Å². The van der Waals surface area contributed by atoms with Crippen LogP contribution in [-0.4, -0.2) is 35.4 Å². The van der Waals surface area contributed by atoms with Gasteiger partial charge in [0, 0.05) is 0 Å². The smallest absolute Gasteiger partial charge is 0.325 e. The number of sulfonamides is 1. The Balaban J connectivity index is 0.000000133. The molecule has 1 saturated heterocycles. The van der Waals surface area contributed by atoms with Crippen LogP contribution < -0.4 is 4.72 Å². The molecule has 0 bridgehead atoms. The Morgan fingerprint density at radius 3 is 2.59 bits per heavy atom. The normalized spacial score (nSPS) is 28.7. The minimum absolute atomic E-state index is 0.0648. The number of amides is 1. The molecule has 1 aromatic rings. The number of rotatable bonds is 1. The lowest BCUT2D eigenvalue weighted by atomic mass is 10.0. The van der Waals surface area contributed by atoms with E-state index in [-0.39, 0.29) is 15.7 Å². The number of carboxylic acid groups (broad SMARTS) is 1. The number of carbonyl (C=O) groups is 2. The third-order valence-electron chi connectivity index (χ3n) is 3.41. The van der Waals surface area contributed by atoms with Crippen molar-refractivity contribution in [2.75, 3.05) is 0 Å². The van der Waals surface area contributed by atoms with E-state index in [1.165, 1.54) is 23.9 Å². The molecule has 1 aromatic carbocycles. The summed E-state index contributed by atoms with van der Waals surface area (Å²) in [7, 11) is -3.55. The Bertz CT molecular complexity index is 827. The van der Waals surface area contributed by atoms with Crippen molar-refractivity contribution in [1.29, 1.82) is 0 Å². The second-order valence-corrected chi connectivity index (χ2v) is 7.88. The minimum Gasteiger partial charge on any atom is -0.480 e. The van der Waals surface area contributed by atoms with E-state index < -0.39 is 26.6 Å². The maximum atomic E-state index is 11.1. The summed E-state index contributed by atoms with van der Waals surface area (Å²) in [5.74, 6) is -1.27. The standard InChI is InChI=1S/C7H5NO3S.C7H6O2S/c9-7-5-3-1-2-4-6(5)12(10,11)8-7;8-6(9)7-4-2-1-3-5(7)10-7/h1-4H,(H,8,9);1-5H,(H,8,9). The fourth-order valence-electron chi connectivity index (χ4n) is 2.22. The molecule has 3 aliphatic rings. The molecule has 2 aliphatic heterocycles. The largest absolute Gasteiger partial charge is 0.480 e. The highest BCUT2D eigenvalue weighted by molar-refractivity contribution is 8.10. The zero-order valence-corrected chi connectivity index (χ0v) is 12.7. The second-order valence-electron chi connectivity index (χ2n) is 4.81. The maximum absolute atomic E-state index is 11.1. The van der Waals surface area contributed by atoms with Gasteiger partial charge in [-0.2, -0.15) is 0 Å². The molecule has 4 rings (SSSR count). The van der Waals surface area contributed by atoms with E-state index >= 15 is 0 Å². The number of fused-ring (bicyclic) bond motifs is 2. The molecule has 0 saturated carbocycles. The molecular formula is C14H11NO5S2. The molecule has 0 spiro atoms. The molecule has 2 heterocycles. The van der Waals surface area contributed by atoms with Gasteiger partial charge in [-0.3, -0.25) is 9.59 Å². The van der Waals surface area contributed by atoms with Gasteiger partial charge in [0.05, 0.1) is 10.8 Å². The number of allylic oxidation sites excluding steroid dienone is 2. The molecule has 2 atom stereocenters. The number of thioether (sulfide) groups is 1. The molecule has 1 fully saturated rings. The third-order valence-corrected chi connectivity index (χ3v) is 6.28. The first-order valence-electron chi connectivity index (χ1n) is 6.30. The SMILES string of the molecule is O=C(O)C12C=CC=CC1S2.O=C1NS(=O)(=O)c2ccccc21. The summed E-state index contributed by atoms with van der Waals surface area (Å²) in [6.07, 6.45) is 7.37. The maximum Gasteiger partial charge on any atom is 0.325 e. The molecule has 114 valence electrons. The van der Waals surface area contributed by atoms with E-state index in [0.29, 0.717) is 0 Å². The van der Waals surface area contributed by atoms with Crippen LogP contribution in [0.2, 0.25) is 0 Å². The van der Waals surface area contributed by atoms with E-state index in [0.717, 1.165) is 0 Å². The van der Waals surface area contributed by atoms with E-state index in [4.69, 9.17) is 5.11 Å². The first-order valence-corrected chi connectivity index (χ1v) is 8.66. The fraction of sp³-hybridized carbons (Fsp3) is 0.143. The molecule has 0 radical (unpaired) electrons. The topological polar surface area (TPSA) is 101 Å². The average molecular weight is 337 g/mol. The molecule has 2 unspecified atom stereocenters. The van der Waals surface area contributed by atoms with Gasteiger partial charge in [0.25, 0.3) is 15.9 Å². The number of benzene rings is 1. The summed E-state index contributed by atoms with van der Waals surface area (Å²) < 4.78 is 23.6. The molecule has 22 heavy (non-hydrogen) atoms. The Labute approximate surface area is 131 Å². The van der Waals surface area contributed by atoms with E-state index in [1.54, 1.807) is 24.3 Å². The van der Waals surface area contributed by atoms with Crippen LogP contribution in [0.4, 0.5) is 0 Å². The Kier molecular flexibility index (Phi) is 3.37. The Morgan fingerprint density at radius 1 is 1.27 bits per heavy atom. The summed E-state index contributed by atoms with van der Waals surface area (Å²) in [6, 6.07) is 6.09. The monoisotopic (exact) mass is 337 g/mol. The van der Waals surface area contributed by atoms with Crippen molar-refractivity contribution in [1.82, 2.24) is 4.72 Å². The molecule has 0 aromatic heterocycles. The summed E-state index contributed by atoms with van der Waals surface area (Å²) in [5.41, 5.74) is 0.220. The minimum atomic E-state index is -3.55. The van der Waals surface area contributed by atoms with Crippen molar-refractivity contribution in [3.8, 4) is 0 Å². The van der Waals surface area contributed by atoms with Gasteiger partial charge in [-0.1, -0.05) is 36.4 Å². The number of aliphatic carboxylic acids is 1. The van der Waals surface area contributed by atoms with Crippen LogP contribution in [0.25, 0.3) is 0 Å².